The molecule has 11 aromatic rings. The highest BCUT2D eigenvalue weighted by molar-refractivity contribution is 6.10. The molecule has 0 atom stereocenters. The largest absolute Gasteiger partial charge is 0.455 e. The molecule has 11 rings (SSSR count). The van der Waals surface area contributed by atoms with Gasteiger partial charge in [0.1, 0.15) is 17.0 Å². The first-order chi connectivity index (χ1) is 28.7. The lowest BCUT2D eigenvalue weighted by atomic mass is 10.0. The van der Waals surface area contributed by atoms with Crippen molar-refractivity contribution in [2.24, 2.45) is 0 Å². The zero-order chi connectivity index (χ0) is 38.6. The van der Waals surface area contributed by atoms with E-state index < -0.39 is 0 Å². The van der Waals surface area contributed by atoms with Gasteiger partial charge in [-0.1, -0.05) is 133 Å². The Hall–Kier alpha value is -7.69. The summed E-state index contributed by atoms with van der Waals surface area (Å²) < 4.78 is 23.3. The molecule has 0 saturated heterocycles. The molecule has 0 radical (unpaired) electrons. The van der Waals surface area contributed by atoms with Crippen molar-refractivity contribution in [1.29, 1.82) is 0 Å². The molecule has 0 N–H and O–H groups in total. The number of hydrogen-bond donors (Lipinski definition) is 0. The Labute approximate surface area is 335 Å². The molecule has 0 fully saturated rings. The van der Waals surface area contributed by atoms with E-state index in [0.29, 0.717) is 0 Å². The molecule has 0 bridgehead atoms. The molecule has 2 heterocycles. The summed E-state index contributed by atoms with van der Waals surface area (Å²) >= 11 is 0. The first-order valence-electron chi connectivity index (χ1n) is 19.5. The number of halogens is 1. The maximum atomic E-state index is 14.7. The molecule has 0 amide bonds. The van der Waals surface area contributed by atoms with Crippen LogP contribution in [0.1, 0.15) is 0 Å². The molecule has 4 heteroatoms. The van der Waals surface area contributed by atoms with Crippen molar-refractivity contribution >= 4 is 60.8 Å². The second kappa shape index (κ2) is 13.8. The predicted molar refractivity (Wildman–Crippen MR) is 239 cm³/mol. The van der Waals surface area contributed by atoms with Gasteiger partial charge in [0.2, 0.25) is 0 Å². The van der Waals surface area contributed by atoms with Crippen molar-refractivity contribution in [2.75, 3.05) is 4.90 Å². The topological polar surface area (TPSA) is 21.3 Å². The first kappa shape index (κ1) is 33.6. The van der Waals surface area contributed by atoms with E-state index in [1.807, 2.05) is 36.4 Å². The van der Waals surface area contributed by atoms with Crippen LogP contribution in [0.4, 0.5) is 21.5 Å². The number of anilines is 3. The molecular weight excluding hydrogens is 712 g/mol. The number of rotatable bonds is 7. The fraction of sp³-hybridized carbons (Fsp3) is 0. The van der Waals surface area contributed by atoms with E-state index in [1.165, 1.54) is 11.6 Å². The summed E-state index contributed by atoms with van der Waals surface area (Å²) in [5.74, 6) is -0.253. The normalized spacial score (nSPS) is 11.5. The quantitative estimate of drug-likeness (QED) is 0.162. The molecule has 58 heavy (non-hydrogen) atoms. The first-order valence-corrected chi connectivity index (χ1v) is 19.5. The van der Waals surface area contributed by atoms with E-state index in [9.17, 15) is 4.39 Å². The van der Waals surface area contributed by atoms with Crippen LogP contribution in [0, 0.1) is 5.82 Å². The highest BCUT2D eigenvalue weighted by Gasteiger charge is 2.18. The van der Waals surface area contributed by atoms with Crippen molar-refractivity contribution in [3.63, 3.8) is 0 Å². The standard InChI is InChI=1S/C54H35FN2O/c55-41-27-32-48-47-17-4-6-21-51(47)57(52(48)35-41)45-16-9-14-40(34-45)39-13-8-15-44(33-39)56(42-28-23-37(24-29-42)36-11-2-1-3-12-36)43-30-25-38(26-31-43)46-19-10-20-50-49-18-5-7-22-53(49)58-54(46)50/h1-35H. The zero-order valence-electron chi connectivity index (χ0n) is 31.4. The lowest BCUT2D eigenvalue weighted by Crippen LogP contribution is -2.10. The van der Waals surface area contributed by atoms with Gasteiger partial charge in [-0.15, -0.1) is 0 Å². The van der Waals surface area contributed by atoms with Crippen LogP contribution in [0.5, 0.6) is 0 Å². The fourth-order valence-electron chi connectivity index (χ4n) is 8.52. The maximum absolute atomic E-state index is 14.7. The number of nitrogens with zero attached hydrogens (tertiary/aromatic N) is 2. The molecule has 0 unspecified atom stereocenters. The van der Waals surface area contributed by atoms with E-state index >= 15 is 0 Å². The third-order valence-electron chi connectivity index (χ3n) is 11.3. The Morgan fingerprint density at radius 3 is 1.79 bits per heavy atom. The number of fused-ring (bicyclic) bond motifs is 6. The highest BCUT2D eigenvalue weighted by Crippen LogP contribution is 2.41. The van der Waals surface area contributed by atoms with Crippen LogP contribution in [0.25, 0.3) is 82.8 Å². The highest BCUT2D eigenvalue weighted by atomic mass is 19.1. The number of para-hydroxylation sites is 3. The Morgan fingerprint density at radius 1 is 0.379 bits per heavy atom. The van der Waals surface area contributed by atoms with E-state index in [2.05, 4.69) is 173 Å². The second-order valence-electron chi connectivity index (χ2n) is 14.7. The number of benzene rings is 9. The van der Waals surface area contributed by atoms with Crippen LogP contribution in [-0.4, -0.2) is 4.57 Å². The molecule has 274 valence electrons. The van der Waals surface area contributed by atoms with Gasteiger partial charge >= 0.3 is 0 Å². The summed E-state index contributed by atoms with van der Waals surface area (Å²) in [6.45, 7) is 0. The lowest BCUT2D eigenvalue weighted by Gasteiger charge is -2.26. The van der Waals surface area contributed by atoms with E-state index in [0.717, 1.165) is 94.3 Å². The molecule has 0 aliphatic heterocycles. The zero-order valence-corrected chi connectivity index (χ0v) is 31.4. The Bertz CT molecular complexity index is 3290. The van der Waals surface area contributed by atoms with Crippen LogP contribution >= 0.6 is 0 Å². The minimum absolute atomic E-state index is 0.253. The monoisotopic (exact) mass is 746 g/mol. The van der Waals surface area contributed by atoms with E-state index in [-0.39, 0.29) is 5.82 Å². The lowest BCUT2D eigenvalue weighted by molar-refractivity contribution is 0.629. The van der Waals surface area contributed by atoms with Gasteiger partial charge in [0, 0.05) is 49.9 Å². The van der Waals surface area contributed by atoms with Crippen molar-refractivity contribution in [1.82, 2.24) is 4.57 Å². The summed E-state index contributed by atoms with van der Waals surface area (Å²) in [7, 11) is 0. The van der Waals surface area contributed by atoms with Crippen molar-refractivity contribution < 1.29 is 8.81 Å². The Kier molecular flexibility index (Phi) is 8.00. The molecule has 0 saturated carbocycles. The third kappa shape index (κ3) is 5.74. The minimum atomic E-state index is -0.253. The van der Waals surface area contributed by atoms with Crippen LogP contribution in [0.15, 0.2) is 217 Å². The van der Waals surface area contributed by atoms with Gasteiger partial charge in [-0.3, -0.25) is 0 Å². The van der Waals surface area contributed by atoms with Gasteiger partial charge in [-0.2, -0.15) is 0 Å². The fourth-order valence-corrected chi connectivity index (χ4v) is 8.52. The van der Waals surface area contributed by atoms with Crippen molar-refractivity contribution in [2.45, 2.75) is 0 Å². The summed E-state index contributed by atoms with van der Waals surface area (Å²) in [5.41, 5.74) is 14.4. The summed E-state index contributed by atoms with van der Waals surface area (Å²) in [6, 6.07) is 73.1. The molecule has 3 nitrogen and oxygen atoms in total. The van der Waals surface area contributed by atoms with Crippen LogP contribution < -0.4 is 4.90 Å². The SMILES string of the molecule is Fc1ccc2c3ccccc3n(-c3cccc(-c4cccc(N(c5ccc(-c6ccccc6)cc5)c5ccc(-c6cccc7c6oc6ccccc67)cc5)c4)c3)c2c1. The van der Waals surface area contributed by atoms with Gasteiger partial charge in [0.25, 0.3) is 0 Å². The van der Waals surface area contributed by atoms with Gasteiger partial charge in [-0.25, -0.2) is 4.39 Å². The number of furan rings is 1. The molecule has 9 aromatic carbocycles. The number of aromatic nitrogens is 1. The molecule has 0 aliphatic rings. The van der Waals surface area contributed by atoms with Crippen molar-refractivity contribution in [3.05, 3.63) is 218 Å². The van der Waals surface area contributed by atoms with E-state index in [4.69, 9.17) is 4.42 Å². The Balaban J connectivity index is 1.01. The number of hydrogen-bond acceptors (Lipinski definition) is 2. The molecule has 2 aromatic heterocycles. The van der Waals surface area contributed by atoms with Crippen molar-refractivity contribution in [3.8, 4) is 39.1 Å². The predicted octanol–water partition coefficient (Wildman–Crippen LogP) is 15.3. The van der Waals surface area contributed by atoms with Crippen LogP contribution in [0.3, 0.4) is 0 Å². The third-order valence-corrected chi connectivity index (χ3v) is 11.3. The van der Waals surface area contributed by atoms with Gasteiger partial charge in [-0.05, 0) is 107 Å². The summed E-state index contributed by atoms with van der Waals surface area (Å²) in [6.07, 6.45) is 0. The molecule has 0 aliphatic carbocycles. The minimum Gasteiger partial charge on any atom is -0.455 e. The summed E-state index contributed by atoms with van der Waals surface area (Å²) in [5, 5.41) is 4.36. The van der Waals surface area contributed by atoms with E-state index in [1.54, 1.807) is 6.07 Å². The Morgan fingerprint density at radius 2 is 0.983 bits per heavy atom. The second-order valence-corrected chi connectivity index (χ2v) is 14.7. The maximum Gasteiger partial charge on any atom is 0.143 e. The van der Waals surface area contributed by atoms with Crippen LogP contribution in [0.2, 0.25) is 0 Å². The van der Waals surface area contributed by atoms with Gasteiger partial charge < -0.3 is 13.9 Å². The van der Waals surface area contributed by atoms with Gasteiger partial charge in [0.15, 0.2) is 0 Å². The molecule has 0 spiro atoms. The average Bonchev–Trinajstić information content (AvgIpc) is 3.83. The average molecular weight is 747 g/mol. The smallest absolute Gasteiger partial charge is 0.143 e. The van der Waals surface area contributed by atoms with Crippen LogP contribution in [-0.2, 0) is 0 Å². The summed E-state index contributed by atoms with van der Waals surface area (Å²) in [4.78, 5) is 2.31. The van der Waals surface area contributed by atoms with Gasteiger partial charge in [0.05, 0.1) is 11.0 Å². The molecular formula is C54H35FN2O.